The van der Waals surface area contributed by atoms with Gasteiger partial charge in [-0.3, -0.25) is 0 Å². The SMILES string of the molecule is C#CC#CC#CC#CC#CC#CC(=O)O. The van der Waals surface area contributed by atoms with Crippen LogP contribution < -0.4 is 0 Å². The van der Waals surface area contributed by atoms with Crippen LogP contribution in [0.25, 0.3) is 0 Å². The van der Waals surface area contributed by atoms with E-state index < -0.39 is 5.97 Å². The molecular formula is C13H2O2. The fourth-order valence-electron chi connectivity index (χ4n) is 0.340. The van der Waals surface area contributed by atoms with Gasteiger partial charge in [0.05, 0.1) is 0 Å². The molecular weight excluding hydrogens is 188 g/mol. The van der Waals surface area contributed by atoms with Gasteiger partial charge >= 0.3 is 5.97 Å². The molecule has 0 fully saturated rings. The summed E-state index contributed by atoms with van der Waals surface area (Å²) in [6, 6.07) is 0. The molecule has 66 valence electrons. The van der Waals surface area contributed by atoms with Gasteiger partial charge in [0.2, 0.25) is 0 Å². The number of carboxylic acids is 1. The Hall–Kier alpha value is -3.17. The average molecular weight is 190 g/mol. The Kier molecular flexibility index (Phi) is 7.04. The Labute approximate surface area is 88.1 Å². The molecule has 0 aliphatic heterocycles. The molecule has 0 aromatic carbocycles. The minimum atomic E-state index is -1.23. The van der Waals surface area contributed by atoms with Crippen LogP contribution in [0.4, 0.5) is 0 Å². The summed E-state index contributed by atoms with van der Waals surface area (Å²) in [6.07, 6.45) is 4.84. The van der Waals surface area contributed by atoms with Gasteiger partial charge in [0.15, 0.2) is 0 Å². The van der Waals surface area contributed by atoms with E-state index in [4.69, 9.17) is 11.5 Å². The molecule has 15 heavy (non-hydrogen) atoms. The Morgan fingerprint density at radius 2 is 1.20 bits per heavy atom. The number of hydrogen-bond acceptors (Lipinski definition) is 1. The highest BCUT2D eigenvalue weighted by atomic mass is 16.4. The van der Waals surface area contributed by atoms with Gasteiger partial charge in [0.1, 0.15) is 0 Å². The van der Waals surface area contributed by atoms with Crippen molar-refractivity contribution in [2.24, 2.45) is 0 Å². The van der Waals surface area contributed by atoms with E-state index in [0.717, 1.165) is 0 Å². The molecule has 0 rings (SSSR count). The van der Waals surface area contributed by atoms with Crippen LogP contribution in [-0.4, -0.2) is 11.1 Å². The molecule has 0 saturated carbocycles. The van der Waals surface area contributed by atoms with E-state index in [1.807, 2.05) is 5.92 Å². The van der Waals surface area contributed by atoms with E-state index in [1.54, 1.807) is 0 Å². The van der Waals surface area contributed by atoms with Crippen LogP contribution in [0.3, 0.4) is 0 Å². The van der Waals surface area contributed by atoms with Crippen molar-refractivity contribution in [1.29, 1.82) is 0 Å². The first-order valence-electron chi connectivity index (χ1n) is 3.47. The zero-order chi connectivity index (χ0) is 11.4. The van der Waals surface area contributed by atoms with Crippen LogP contribution in [0.5, 0.6) is 0 Å². The Bertz CT molecular complexity index is 589. The van der Waals surface area contributed by atoms with Crippen molar-refractivity contribution in [3.05, 3.63) is 0 Å². The number of terminal acetylenes is 1. The second-order valence-electron chi connectivity index (χ2n) is 1.70. The van der Waals surface area contributed by atoms with Gasteiger partial charge in [-0.15, -0.1) is 6.42 Å². The highest BCUT2D eigenvalue weighted by Gasteiger charge is 1.78. The first-order valence-corrected chi connectivity index (χ1v) is 3.47. The molecule has 0 aromatic rings. The normalized spacial score (nSPS) is 4.47. The van der Waals surface area contributed by atoms with E-state index in [2.05, 4.69) is 59.2 Å². The quantitative estimate of drug-likeness (QED) is 0.533. The molecule has 0 atom stereocenters. The molecule has 0 saturated heterocycles. The lowest BCUT2D eigenvalue weighted by atomic mass is 10.5. The van der Waals surface area contributed by atoms with Gasteiger partial charge in [-0.1, -0.05) is 0 Å². The topological polar surface area (TPSA) is 37.3 Å². The minimum Gasteiger partial charge on any atom is -0.472 e. The Balaban J connectivity index is 4.24. The predicted octanol–water partition coefficient (Wildman–Crippen LogP) is -0.279. The average Bonchev–Trinajstić information content (AvgIpc) is 2.20. The minimum absolute atomic E-state index is 1.23. The second kappa shape index (κ2) is 8.92. The maximum atomic E-state index is 9.90. The van der Waals surface area contributed by atoms with Crippen molar-refractivity contribution in [2.45, 2.75) is 0 Å². The lowest BCUT2D eigenvalue weighted by Gasteiger charge is -1.63. The van der Waals surface area contributed by atoms with Gasteiger partial charge in [-0.2, -0.15) is 0 Å². The summed E-state index contributed by atoms with van der Waals surface area (Å²) in [4.78, 5) is 9.90. The Morgan fingerprint density at radius 1 is 0.800 bits per heavy atom. The molecule has 2 heteroatoms. The maximum Gasteiger partial charge on any atom is 0.382 e. The highest BCUT2D eigenvalue weighted by molar-refractivity contribution is 5.87. The highest BCUT2D eigenvalue weighted by Crippen LogP contribution is 1.58. The molecule has 0 heterocycles. The van der Waals surface area contributed by atoms with Gasteiger partial charge in [0.25, 0.3) is 0 Å². The first kappa shape index (κ1) is 11.8. The summed E-state index contributed by atoms with van der Waals surface area (Å²) in [6.45, 7) is 0. The fraction of sp³-hybridized carbons (Fsp3) is 0. The van der Waals surface area contributed by atoms with E-state index in [-0.39, 0.29) is 0 Å². The monoisotopic (exact) mass is 190 g/mol. The van der Waals surface area contributed by atoms with Crippen LogP contribution in [0.2, 0.25) is 0 Å². The van der Waals surface area contributed by atoms with Crippen LogP contribution in [0.15, 0.2) is 0 Å². The van der Waals surface area contributed by atoms with Crippen molar-refractivity contribution >= 4 is 5.97 Å². The lowest BCUT2D eigenvalue weighted by molar-refractivity contribution is -0.130. The van der Waals surface area contributed by atoms with Crippen molar-refractivity contribution in [1.82, 2.24) is 0 Å². The Morgan fingerprint density at radius 3 is 1.60 bits per heavy atom. The summed E-state index contributed by atoms with van der Waals surface area (Å²) >= 11 is 0. The molecule has 0 aliphatic rings. The molecule has 2 nitrogen and oxygen atoms in total. The summed E-state index contributed by atoms with van der Waals surface area (Å²) < 4.78 is 0. The third kappa shape index (κ3) is 10.8. The van der Waals surface area contributed by atoms with Crippen molar-refractivity contribution in [3.8, 4) is 71.5 Å². The van der Waals surface area contributed by atoms with Crippen molar-refractivity contribution in [3.63, 3.8) is 0 Å². The molecule has 0 aromatic heterocycles. The van der Waals surface area contributed by atoms with Crippen LogP contribution in [-0.2, 0) is 4.79 Å². The summed E-state index contributed by atoms with van der Waals surface area (Å²) in [5.74, 6) is 23.3. The number of carbonyl (C=O) groups is 1. The van der Waals surface area contributed by atoms with Crippen molar-refractivity contribution in [2.75, 3.05) is 0 Å². The van der Waals surface area contributed by atoms with Gasteiger partial charge in [0, 0.05) is 5.92 Å². The van der Waals surface area contributed by atoms with E-state index in [0.29, 0.717) is 0 Å². The number of hydrogen-bond donors (Lipinski definition) is 1. The molecule has 0 aliphatic carbocycles. The molecule has 0 amide bonds. The van der Waals surface area contributed by atoms with Crippen molar-refractivity contribution < 1.29 is 9.90 Å². The standard InChI is InChI=1S/C13H2O2/c1-2-3-4-5-6-7-8-9-10-11-12-13(14)15/h1H,(H,14,15). The van der Waals surface area contributed by atoms with E-state index in [9.17, 15) is 4.79 Å². The molecule has 0 bridgehead atoms. The third-order valence-corrected chi connectivity index (χ3v) is 0.742. The third-order valence-electron chi connectivity index (χ3n) is 0.742. The molecule has 1 N–H and O–H groups in total. The summed E-state index contributed by atoms with van der Waals surface area (Å²) in [5.41, 5.74) is 0. The first-order chi connectivity index (χ1) is 7.27. The van der Waals surface area contributed by atoms with Gasteiger partial charge in [-0.25, -0.2) is 4.79 Å². The smallest absolute Gasteiger partial charge is 0.382 e. The molecule has 0 spiro atoms. The van der Waals surface area contributed by atoms with Crippen LogP contribution in [0, 0.1) is 71.5 Å². The zero-order valence-corrected chi connectivity index (χ0v) is 7.43. The second-order valence-corrected chi connectivity index (χ2v) is 1.70. The molecule has 0 radical (unpaired) electrons. The maximum absolute atomic E-state index is 9.90. The van der Waals surface area contributed by atoms with Gasteiger partial charge < -0.3 is 5.11 Å². The fourth-order valence-corrected chi connectivity index (χ4v) is 0.340. The van der Waals surface area contributed by atoms with E-state index in [1.165, 1.54) is 0 Å². The van der Waals surface area contributed by atoms with Crippen LogP contribution >= 0.6 is 0 Å². The number of aliphatic carboxylic acids is 1. The summed E-state index contributed by atoms with van der Waals surface area (Å²) in [7, 11) is 0. The predicted molar refractivity (Wildman–Crippen MR) is 55.3 cm³/mol. The number of carboxylic acid groups (broad SMARTS) is 1. The number of rotatable bonds is 0. The zero-order valence-electron chi connectivity index (χ0n) is 7.43. The summed E-state index contributed by atoms with van der Waals surface area (Å²) in [5, 5.41) is 8.11. The van der Waals surface area contributed by atoms with Crippen LogP contribution in [0.1, 0.15) is 0 Å². The van der Waals surface area contributed by atoms with E-state index >= 15 is 0 Å². The molecule has 0 unspecified atom stereocenters. The largest absolute Gasteiger partial charge is 0.472 e. The van der Waals surface area contributed by atoms with Gasteiger partial charge in [-0.05, 0) is 59.2 Å². The lowest BCUT2D eigenvalue weighted by Crippen LogP contribution is -1.85.